The van der Waals surface area contributed by atoms with Crippen LogP contribution in [0.3, 0.4) is 0 Å². The fraction of sp³-hybridized carbons (Fsp3) is 0.158. The summed E-state index contributed by atoms with van der Waals surface area (Å²) < 4.78 is 39.1. The van der Waals surface area contributed by atoms with E-state index in [9.17, 15) is 18.2 Å². The molecule has 11 heteroatoms. The van der Waals surface area contributed by atoms with E-state index in [2.05, 4.69) is 87.9 Å². The number of rotatable bonds is 13. The Labute approximate surface area is 337 Å². The van der Waals surface area contributed by atoms with Crippen LogP contribution in [0, 0.1) is 0 Å². The molecule has 5 rings (SSSR count). The summed E-state index contributed by atoms with van der Waals surface area (Å²) in [5.41, 5.74) is 7.45. The second kappa shape index (κ2) is 20.0. The molecule has 0 bridgehead atoms. The van der Waals surface area contributed by atoms with Gasteiger partial charge in [-0.3, -0.25) is 5.04 Å². The first-order chi connectivity index (χ1) is 22.8. The Balaban J connectivity index is 0.00000325. The van der Waals surface area contributed by atoms with E-state index in [0.29, 0.717) is 13.1 Å². The van der Waals surface area contributed by atoms with Crippen molar-refractivity contribution in [2.45, 2.75) is 43.0 Å². The zero-order valence-electron chi connectivity index (χ0n) is 28.2. The second-order valence-electron chi connectivity index (χ2n) is 11.0. The van der Waals surface area contributed by atoms with Crippen molar-refractivity contribution in [1.29, 1.82) is 0 Å². The maximum Gasteiger partial charge on any atom is 1.00 e. The van der Waals surface area contributed by atoms with Gasteiger partial charge in [-0.05, 0) is 94.4 Å². The van der Waals surface area contributed by atoms with Gasteiger partial charge in [0.2, 0.25) is 0 Å². The van der Waals surface area contributed by atoms with Gasteiger partial charge in [0.1, 0.15) is 10.1 Å². The van der Waals surface area contributed by atoms with Crippen molar-refractivity contribution < 1.29 is 86.7 Å². The molecule has 0 amide bonds. The third-order valence-corrected chi connectivity index (χ3v) is 9.41. The molecule has 0 aliphatic heterocycles. The molecule has 0 radical (unpaired) electrons. The third kappa shape index (κ3) is 11.4. The van der Waals surface area contributed by atoms with Gasteiger partial charge in [0.15, 0.2) is 0 Å². The van der Waals surface area contributed by atoms with Crippen molar-refractivity contribution in [3.05, 3.63) is 160 Å². The van der Waals surface area contributed by atoms with Crippen molar-refractivity contribution in [3.63, 3.8) is 0 Å². The van der Waals surface area contributed by atoms with Crippen LogP contribution in [0.4, 0.5) is 5.69 Å². The molecule has 0 aliphatic carbocycles. The summed E-state index contributed by atoms with van der Waals surface area (Å²) in [7, 11) is -4.52. The summed E-state index contributed by atoms with van der Waals surface area (Å²) in [6, 6.07) is 41.4. The zero-order valence-corrected chi connectivity index (χ0v) is 33.8. The summed E-state index contributed by atoms with van der Waals surface area (Å²) in [6.45, 7) is 5.37. The van der Waals surface area contributed by atoms with E-state index in [-0.39, 0.29) is 64.0 Å². The van der Waals surface area contributed by atoms with Crippen LogP contribution in [-0.4, -0.2) is 19.5 Å². The molecule has 5 aromatic carbocycles. The summed E-state index contributed by atoms with van der Waals surface area (Å²) in [5.74, 6) is 0. The van der Waals surface area contributed by atoms with E-state index in [0.717, 1.165) is 68.5 Å². The van der Waals surface area contributed by atoms with Crippen LogP contribution in [0.2, 0.25) is 0 Å². The fourth-order valence-electron chi connectivity index (χ4n) is 5.66. The van der Waals surface area contributed by atoms with Gasteiger partial charge in [0.25, 0.3) is 0 Å². The Hall–Kier alpha value is -2.22. The average molecular weight is 712 g/mol. The van der Waals surface area contributed by atoms with Crippen molar-refractivity contribution in [3.8, 4) is 0 Å². The number of anilines is 1. The first-order valence-electron chi connectivity index (χ1n) is 15.3. The normalized spacial score (nSPS) is 10.9. The largest absolute Gasteiger partial charge is 1.00 e. The van der Waals surface area contributed by atoms with Crippen molar-refractivity contribution in [1.82, 2.24) is 0 Å². The van der Waals surface area contributed by atoms with Crippen LogP contribution in [0.5, 0.6) is 0 Å². The summed E-state index contributed by atoms with van der Waals surface area (Å²) in [5, 5.41) is 16.0. The Bertz CT molecular complexity index is 2020. The Kier molecular flexibility index (Phi) is 16.8. The van der Waals surface area contributed by atoms with Gasteiger partial charge in [0, 0.05) is 23.7 Å². The SMILES string of the molecule is CCC(Cc1cccc(SOO[O-])c1)=c1ccc(=C(c2ccccc2)c2ccc(N(CC)Cc3cccc(S(=O)(=O)[O-])c3)cc2)cc1.[Na+].[Na+]. The van der Waals surface area contributed by atoms with Crippen LogP contribution in [0.25, 0.3) is 11.1 Å². The fourth-order valence-corrected chi connectivity index (χ4v) is 6.64. The van der Waals surface area contributed by atoms with Crippen LogP contribution >= 0.6 is 12.0 Å². The predicted octanol–water partition coefficient (Wildman–Crippen LogP) is -0.0935. The first kappa shape index (κ1) is 41.2. The summed E-state index contributed by atoms with van der Waals surface area (Å²) in [4.78, 5) is 2.71. The van der Waals surface area contributed by atoms with Gasteiger partial charge in [-0.1, -0.05) is 103 Å². The van der Waals surface area contributed by atoms with Gasteiger partial charge in [0.05, 0.1) is 16.9 Å². The van der Waals surface area contributed by atoms with Gasteiger partial charge < -0.3 is 14.7 Å². The standard InChI is InChI=1S/C38H37NO6S2.2Na/c1-3-30(24-28-10-8-14-36(25-28)46-45-44-40)31-16-18-33(19-17-31)38(32-12-6-5-7-13-32)34-20-22-35(23-21-34)39(4-2)27-29-11-9-15-37(26-29)47(41,42)43;;/h5-23,25-26,40H,3-4,24,27H2,1-2H3,(H,41,42,43);;/q;2*+1/p-2. The maximum atomic E-state index is 11.5. The predicted molar refractivity (Wildman–Crippen MR) is 183 cm³/mol. The molecule has 5 aromatic rings. The van der Waals surface area contributed by atoms with Crippen LogP contribution < -0.4 is 79.7 Å². The van der Waals surface area contributed by atoms with Gasteiger partial charge >= 0.3 is 59.1 Å². The van der Waals surface area contributed by atoms with E-state index in [1.807, 2.05) is 49.4 Å². The van der Waals surface area contributed by atoms with E-state index in [1.165, 1.54) is 22.9 Å². The Morgan fingerprint density at radius 1 is 0.735 bits per heavy atom. The summed E-state index contributed by atoms with van der Waals surface area (Å²) >= 11 is 0.891. The van der Waals surface area contributed by atoms with E-state index >= 15 is 0 Å². The van der Waals surface area contributed by atoms with Crippen LogP contribution in [0.1, 0.15) is 42.5 Å². The minimum atomic E-state index is -4.52. The van der Waals surface area contributed by atoms with E-state index in [1.54, 1.807) is 6.07 Å². The maximum absolute atomic E-state index is 11.5. The Morgan fingerprint density at radius 2 is 1.37 bits per heavy atom. The molecule has 0 atom stereocenters. The molecule has 0 fully saturated rings. The molecule has 0 saturated carbocycles. The van der Waals surface area contributed by atoms with E-state index in [4.69, 9.17) is 0 Å². The van der Waals surface area contributed by atoms with Crippen LogP contribution in [0.15, 0.2) is 137 Å². The third-order valence-electron chi connectivity index (χ3n) is 8.01. The number of benzene rings is 5. The molecule has 0 aromatic heterocycles. The molecule has 0 heterocycles. The molecule has 242 valence electrons. The molecule has 0 aliphatic rings. The molecular formula is C38H35NNa2O6S2. The molecule has 0 spiro atoms. The molecule has 49 heavy (non-hydrogen) atoms. The Morgan fingerprint density at radius 3 is 2.00 bits per heavy atom. The summed E-state index contributed by atoms with van der Waals surface area (Å²) in [6.07, 6.45) is 1.66. The molecular weight excluding hydrogens is 677 g/mol. The quantitative estimate of drug-likeness (QED) is 0.0550. The van der Waals surface area contributed by atoms with Gasteiger partial charge in [-0.2, -0.15) is 4.33 Å². The van der Waals surface area contributed by atoms with E-state index < -0.39 is 10.1 Å². The number of hydrogen-bond donors (Lipinski definition) is 0. The molecule has 7 nitrogen and oxygen atoms in total. The van der Waals surface area contributed by atoms with Crippen molar-refractivity contribution in [2.24, 2.45) is 0 Å². The first-order valence-corrected chi connectivity index (χ1v) is 17.4. The minimum Gasteiger partial charge on any atom is -0.744 e. The average Bonchev–Trinajstić information content (AvgIpc) is 3.10. The second-order valence-corrected chi connectivity index (χ2v) is 13.1. The molecule has 0 N–H and O–H groups in total. The number of nitrogens with zero attached hydrogens (tertiary/aromatic N) is 1. The van der Waals surface area contributed by atoms with Gasteiger partial charge in [-0.15, -0.1) is 0 Å². The van der Waals surface area contributed by atoms with Crippen molar-refractivity contribution in [2.75, 3.05) is 11.4 Å². The minimum absolute atomic E-state index is 0. The van der Waals surface area contributed by atoms with Crippen molar-refractivity contribution >= 4 is 39.0 Å². The molecule has 0 saturated heterocycles. The topological polar surface area (TPSA) is 102 Å². The number of hydrogen-bond acceptors (Lipinski definition) is 8. The van der Waals surface area contributed by atoms with Crippen LogP contribution in [-0.2, 0) is 32.5 Å². The molecule has 0 unspecified atom stereocenters. The monoisotopic (exact) mass is 711 g/mol. The van der Waals surface area contributed by atoms with Gasteiger partial charge in [-0.25, -0.2) is 8.42 Å². The zero-order chi connectivity index (χ0) is 33.2. The smallest absolute Gasteiger partial charge is 0.744 e.